The molecule has 14 heavy (non-hydrogen) atoms. The first-order chi connectivity index (χ1) is 6.56. The van der Waals surface area contributed by atoms with E-state index in [9.17, 15) is 4.79 Å². The highest BCUT2D eigenvalue weighted by molar-refractivity contribution is 5.77. The van der Waals surface area contributed by atoms with Gasteiger partial charge in [0.1, 0.15) is 0 Å². The Kier molecular flexibility index (Phi) is 3.93. The lowest BCUT2D eigenvalue weighted by Crippen LogP contribution is -2.50. The van der Waals surface area contributed by atoms with Gasteiger partial charge in [0.2, 0.25) is 5.91 Å². The van der Waals surface area contributed by atoms with Crippen molar-refractivity contribution in [2.45, 2.75) is 51.5 Å². The summed E-state index contributed by atoms with van der Waals surface area (Å²) in [4.78, 5) is 11.5. The Morgan fingerprint density at radius 3 is 2.64 bits per heavy atom. The van der Waals surface area contributed by atoms with Crippen molar-refractivity contribution in [3.8, 4) is 0 Å². The maximum Gasteiger partial charge on any atom is 0.221 e. The van der Waals surface area contributed by atoms with Crippen molar-refractivity contribution in [2.75, 3.05) is 6.54 Å². The van der Waals surface area contributed by atoms with Crippen molar-refractivity contribution in [1.29, 1.82) is 0 Å². The molecule has 0 aromatic heterocycles. The number of hydrogen-bond donors (Lipinski definition) is 2. The second kappa shape index (κ2) is 4.78. The highest BCUT2D eigenvalue weighted by Crippen LogP contribution is 2.31. The van der Waals surface area contributed by atoms with Gasteiger partial charge >= 0.3 is 0 Å². The fourth-order valence-corrected chi connectivity index (χ4v) is 1.62. The molecule has 3 heteroatoms. The van der Waals surface area contributed by atoms with Gasteiger partial charge in [0, 0.05) is 18.5 Å². The van der Waals surface area contributed by atoms with E-state index in [4.69, 9.17) is 5.73 Å². The molecule has 0 saturated heterocycles. The van der Waals surface area contributed by atoms with Gasteiger partial charge < -0.3 is 11.1 Å². The third-order valence-corrected chi connectivity index (χ3v) is 3.21. The predicted molar refractivity (Wildman–Crippen MR) is 57.9 cm³/mol. The first-order valence-corrected chi connectivity index (χ1v) is 5.61. The summed E-state index contributed by atoms with van der Waals surface area (Å²) in [5, 5.41) is 2.94. The minimum Gasteiger partial charge on any atom is -0.356 e. The lowest BCUT2D eigenvalue weighted by molar-refractivity contribution is -0.123. The van der Waals surface area contributed by atoms with Crippen molar-refractivity contribution < 1.29 is 4.79 Å². The van der Waals surface area contributed by atoms with Crippen LogP contribution in [0.4, 0.5) is 0 Å². The van der Waals surface area contributed by atoms with Crippen LogP contribution in [0.5, 0.6) is 0 Å². The molecular formula is C11H22N2O. The van der Waals surface area contributed by atoms with Crippen molar-refractivity contribution >= 4 is 5.91 Å². The average Bonchev–Trinajstić information content (AvgIpc) is 2.11. The van der Waals surface area contributed by atoms with Crippen LogP contribution in [0.25, 0.3) is 0 Å². The number of rotatable bonds is 5. The molecule has 0 radical (unpaired) electrons. The standard InChI is InChI=1S/C11H22N2O/c1-3-9(2)8-13-10(14)7-11(12)5-4-6-11/h9H,3-8,12H2,1-2H3,(H,13,14). The van der Waals surface area contributed by atoms with E-state index >= 15 is 0 Å². The van der Waals surface area contributed by atoms with Crippen molar-refractivity contribution in [2.24, 2.45) is 11.7 Å². The van der Waals surface area contributed by atoms with Gasteiger partial charge in [-0.15, -0.1) is 0 Å². The van der Waals surface area contributed by atoms with E-state index in [0.717, 1.165) is 25.8 Å². The van der Waals surface area contributed by atoms with Gasteiger partial charge in [0.15, 0.2) is 0 Å². The highest BCUT2D eigenvalue weighted by Gasteiger charge is 2.34. The fourth-order valence-electron chi connectivity index (χ4n) is 1.62. The van der Waals surface area contributed by atoms with Gasteiger partial charge in [-0.2, -0.15) is 0 Å². The normalized spacial score (nSPS) is 21.1. The molecule has 0 heterocycles. The quantitative estimate of drug-likeness (QED) is 0.702. The first-order valence-electron chi connectivity index (χ1n) is 5.61. The Hall–Kier alpha value is -0.570. The monoisotopic (exact) mass is 198 g/mol. The van der Waals surface area contributed by atoms with Crippen LogP contribution in [0.3, 0.4) is 0 Å². The first kappa shape index (κ1) is 11.5. The Morgan fingerprint density at radius 1 is 1.57 bits per heavy atom. The molecule has 1 rings (SSSR count). The lowest BCUT2D eigenvalue weighted by atomic mass is 9.75. The molecule has 82 valence electrons. The highest BCUT2D eigenvalue weighted by atomic mass is 16.1. The summed E-state index contributed by atoms with van der Waals surface area (Å²) in [5.74, 6) is 0.682. The van der Waals surface area contributed by atoms with Gasteiger partial charge in [-0.25, -0.2) is 0 Å². The molecule has 1 atom stereocenters. The van der Waals surface area contributed by atoms with Crippen molar-refractivity contribution in [3.05, 3.63) is 0 Å². The number of nitrogens with two attached hydrogens (primary N) is 1. The topological polar surface area (TPSA) is 55.1 Å². The van der Waals surface area contributed by atoms with Crippen molar-refractivity contribution in [3.63, 3.8) is 0 Å². The molecule has 1 unspecified atom stereocenters. The minimum atomic E-state index is -0.181. The third kappa shape index (κ3) is 3.29. The van der Waals surface area contributed by atoms with Crippen LogP contribution in [0.2, 0.25) is 0 Å². The van der Waals surface area contributed by atoms with E-state index in [1.807, 2.05) is 0 Å². The molecule has 0 aromatic rings. The Morgan fingerprint density at radius 2 is 2.21 bits per heavy atom. The van der Waals surface area contributed by atoms with Crippen LogP contribution >= 0.6 is 0 Å². The Balaban J connectivity index is 2.16. The summed E-state index contributed by atoms with van der Waals surface area (Å²) < 4.78 is 0. The number of amides is 1. The molecule has 0 aromatic carbocycles. The van der Waals surface area contributed by atoms with E-state index in [-0.39, 0.29) is 11.4 Å². The summed E-state index contributed by atoms with van der Waals surface area (Å²) >= 11 is 0. The van der Waals surface area contributed by atoms with Crippen molar-refractivity contribution in [1.82, 2.24) is 5.32 Å². The molecule has 0 aliphatic heterocycles. The molecule has 1 fully saturated rings. The number of nitrogens with one attached hydrogen (secondary N) is 1. The molecule has 1 saturated carbocycles. The van der Waals surface area contributed by atoms with E-state index in [1.165, 1.54) is 6.42 Å². The largest absolute Gasteiger partial charge is 0.356 e. The molecule has 0 spiro atoms. The SMILES string of the molecule is CCC(C)CNC(=O)CC1(N)CCC1. The van der Waals surface area contributed by atoms with E-state index in [1.54, 1.807) is 0 Å². The Bertz CT molecular complexity index is 199. The van der Waals surface area contributed by atoms with Crippen LogP contribution in [0, 0.1) is 5.92 Å². The molecule has 1 aliphatic carbocycles. The molecule has 1 amide bonds. The molecule has 3 N–H and O–H groups in total. The summed E-state index contributed by atoms with van der Waals surface area (Å²) in [7, 11) is 0. The number of carbonyl (C=O) groups excluding carboxylic acids is 1. The maximum absolute atomic E-state index is 11.5. The third-order valence-electron chi connectivity index (χ3n) is 3.21. The predicted octanol–water partition coefficient (Wildman–Crippen LogP) is 1.42. The van der Waals surface area contributed by atoms with Gasteiger partial charge in [0.05, 0.1) is 0 Å². The summed E-state index contributed by atoms with van der Waals surface area (Å²) in [6.07, 6.45) is 4.79. The lowest BCUT2D eigenvalue weighted by Gasteiger charge is -2.37. The van der Waals surface area contributed by atoms with Gasteiger partial charge in [-0.05, 0) is 25.2 Å². The van der Waals surface area contributed by atoms with Gasteiger partial charge in [-0.3, -0.25) is 4.79 Å². The summed E-state index contributed by atoms with van der Waals surface area (Å²) in [6.45, 7) is 5.06. The van der Waals surface area contributed by atoms with Gasteiger partial charge in [0.25, 0.3) is 0 Å². The summed E-state index contributed by atoms with van der Waals surface area (Å²) in [5.41, 5.74) is 5.80. The maximum atomic E-state index is 11.5. The summed E-state index contributed by atoms with van der Waals surface area (Å²) in [6, 6.07) is 0. The molecule has 0 bridgehead atoms. The fraction of sp³-hybridized carbons (Fsp3) is 0.909. The zero-order chi connectivity index (χ0) is 10.6. The molecule has 3 nitrogen and oxygen atoms in total. The van der Waals surface area contributed by atoms with Crippen LogP contribution in [-0.4, -0.2) is 18.0 Å². The zero-order valence-corrected chi connectivity index (χ0v) is 9.31. The van der Waals surface area contributed by atoms with E-state index < -0.39 is 0 Å². The van der Waals surface area contributed by atoms with Crippen LogP contribution in [0.15, 0.2) is 0 Å². The van der Waals surface area contributed by atoms with Crippen LogP contribution in [-0.2, 0) is 4.79 Å². The number of carbonyl (C=O) groups is 1. The van der Waals surface area contributed by atoms with E-state index in [2.05, 4.69) is 19.2 Å². The molecular weight excluding hydrogens is 176 g/mol. The molecule has 1 aliphatic rings. The van der Waals surface area contributed by atoms with Crippen LogP contribution in [0.1, 0.15) is 46.0 Å². The second-order valence-corrected chi connectivity index (χ2v) is 4.71. The van der Waals surface area contributed by atoms with Crippen LogP contribution < -0.4 is 11.1 Å². The average molecular weight is 198 g/mol. The second-order valence-electron chi connectivity index (χ2n) is 4.71. The number of hydrogen-bond acceptors (Lipinski definition) is 2. The smallest absolute Gasteiger partial charge is 0.221 e. The minimum absolute atomic E-state index is 0.118. The van der Waals surface area contributed by atoms with Gasteiger partial charge in [-0.1, -0.05) is 20.3 Å². The van der Waals surface area contributed by atoms with E-state index in [0.29, 0.717) is 12.3 Å². The zero-order valence-electron chi connectivity index (χ0n) is 9.31. The Labute approximate surface area is 86.4 Å².